The maximum absolute atomic E-state index is 13.6. The van der Waals surface area contributed by atoms with Gasteiger partial charge in [-0.15, -0.1) is 0 Å². The average Bonchev–Trinajstić information content (AvgIpc) is 3.16. The van der Waals surface area contributed by atoms with Crippen molar-refractivity contribution in [2.45, 2.75) is 57.0 Å². The van der Waals surface area contributed by atoms with Gasteiger partial charge in [0.1, 0.15) is 11.8 Å². The predicted octanol–water partition coefficient (Wildman–Crippen LogP) is 2.90. The number of carbonyl (C=O) groups is 3. The van der Waals surface area contributed by atoms with E-state index in [2.05, 4.69) is 0 Å². The van der Waals surface area contributed by atoms with Gasteiger partial charge in [-0.25, -0.2) is 0 Å². The molecular weight excluding hydrogens is 439 g/mol. The normalized spacial score (nSPS) is 23.2. The molecule has 2 saturated heterocycles. The van der Waals surface area contributed by atoms with Gasteiger partial charge in [0.25, 0.3) is 5.91 Å². The standard InChI is InChI=1S/C23H28F3N3O4/c1-16(30)27-11-13-28(14-12-27)21(32)19-15-33-22(9-3-2-4-10-22)29(19)20(31)17-5-7-18(8-6-17)23(24,25)26/h5-8,19H,2-4,9-15H2,1H3/t19-/m0/s1. The number of rotatable bonds is 2. The Kier molecular flexibility index (Phi) is 6.39. The van der Waals surface area contributed by atoms with E-state index >= 15 is 0 Å². The Morgan fingerprint density at radius 3 is 2.06 bits per heavy atom. The Morgan fingerprint density at radius 2 is 1.52 bits per heavy atom. The Balaban J connectivity index is 1.58. The van der Waals surface area contributed by atoms with E-state index in [-0.39, 0.29) is 24.0 Å². The van der Waals surface area contributed by atoms with E-state index in [1.54, 1.807) is 9.80 Å². The van der Waals surface area contributed by atoms with Crippen molar-refractivity contribution in [3.05, 3.63) is 35.4 Å². The largest absolute Gasteiger partial charge is 0.416 e. The summed E-state index contributed by atoms with van der Waals surface area (Å²) in [4.78, 5) is 43.4. The van der Waals surface area contributed by atoms with Crippen LogP contribution >= 0.6 is 0 Å². The van der Waals surface area contributed by atoms with Crippen LogP contribution < -0.4 is 0 Å². The highest BCUT2D eigenvalue weighted by atomic mass is 19.4. The molecule has 1 saturated carbocycles. The molecule has 0 N–H and O–H groups in total. The third kappa shape index (κ3) is 4.58. The van der Waals surface area contributed by atoms with Crippen LogP contribution in [0.25, 0.3) is 0 Å². The van der Waals surface area contributed by atoms with Crippen molar-refractivity contribution < 1.29 is 32.3 Å². The lowest BCUT2D eigenvalue weighted by Gasteiger charge is -2.43. The molecule has 2 heterocycles. The molecule has 1 spiro atoms. The summed E-state index contributed by atoms with van der Waals surface area (Å²) in [6, 6.07) is 3.24. The van der Waals surface area contributed by atoms with Crippen LogP contribution in [0, 0.1) is 0 Å². The lowest BCUT2D eigenvalue weighted by Crippen LogP contribution is -2.59. The molecular formula is C23H28F3N3O4. The molecule has 1 aliphatic carbocycles. The molecule has 2 aliphatic heterocycles. The number of ether oxygens (including phenoxy) is 1. The molecule has 1 aromatic rings. The minimum atomic E-state index is -4.50. The minimum absolute atomic E-state index is 0.0495. The van der Waals surface area contributed by atoms with Gasteiger partial charge >= 0.3 is 6.18 Å². The van der Waals surface area contributed by atoms with E-state index in [9.17, 15) is 27.6 Å². The highest BCUT2D eigenvalue weighted by Crippen LogP contribution is 2.42. The van der Waals surface area contributed by atoms with Crippen LogP contribution in [0.4, 0.5) is 13.2 Å². The van der Waals surface area contributed by atoms with Crippen LogP contribution in [0.1, 0.15) is 54.9 Å². The van der Waals surface area contributed by atoms with Crippen molar-refractivity contribution in [1.82, 2.24) is 14.7 Å². The molecule has 0 bridgehead atoms. The van der Waals surface area contributed by atoms with Gasteiger partial charge in [0.15, 0.2) is 0 Å². The fourth-order valence-electron chi connectivity index (χ4n) is 5.05. The summed E-state index contributed by atoms with van der Waals surface area (Å²) < 4.78 is 45.0. The number of hydrogen-bond acceptors (Lipinski definition) is 4. The lowest BCUT2D eigenvalue weighted by atomic mass is 9.89. The number of piperazine rings is 1. The monoisotopic (exact) mass is 467 g/mol. The van der Waals surface area contributed by atoms with Gasteiger partial charge < -0.3 is 14.5 Å². The molecule has 0 unspecified atom stereocenters. The van der Waals surface area contributed by atoms with E-state index < -0.39 is 29.4 Å². The first-order valence-electron chi connectivity index (χ1n) is 11.3. The van der Waals surface area contributed by atoms with E-state index in [1.165, 1.54) is 11.8 Å². The smallest absolute Gasteiger partial charge is 0.353 e. The number of nitrogens with zero attached hydrogens (tertiary/aromatic N) is 3. The molecule has 7 nitrogen and oxygen atoms in total. The maximum atomic E-state index is 13.6. The molecule has 4 rings (SSSR count). The van der Waals surface area contributed by atoms with Crippen molar-refractivity contribution >= 4 is 17.7 Å². The van der Waals surface area contributed by atoms with Crippen LogP contribution in [0.2, 0.25) is 0 Å². The molecule has 3 amide bonds. The number of hydrogen-bond donors (Lipinski definition) is 0. The summed E-state index contributed by atoms with van der Waals surface area (Å²) in [7, 11) is 0. The SMILES string of the molecule is CC(=O)N1CCN(C(=O)[C@@H]2COC3(CCCCC3)N2C(=O)c2ccc(C(F)(F)F)cc2)CC1. The van der Waals surface area contributed by atoms with Gasteiger partial charge in [-0.2, -0.15) is 13.2 Å². The quantitative estimate of drug-likeness (QED) is 0.671. The topological polar surface area (TPSA) is 70.2 Å². The Hall–Kier alpha value is -2.62. The first kappa shape index (κ1) is 23.5. The highest BCUT2D eigenvalue weighted by Gasteiger charge is 2.53. The van der Waals surface area contributed by atoms with Gasteiger partial charge in [0.05, 0.1) is 12.2 Å². The van der Waals surface area contributed by atoms with Gasteiger partial charge in [-0.3, -0.25) is 19.3 Å². The minimum Gasteiger partial charge on any atom is -0.353 e. The van der Waals surface area contributed by atoms with Gasteiger partial charge in [-0.1, -0.05) is 6.42 Å². The number of halogens is 3. The van der Waals surface area contributed by atoms with Crippen molar-refractivity contribution in [2.75, 3.05) is 32.8 Å². The van der Waals surface area contributed by atoms with E-state index in [0.29, 0.717) is 39.0 Å². The first-order valence-corrected chi connectivity index (χ1v) is 11.3. The molecule has 180 valence electrons. The van der Waals surface area contributed by atoms with Crippen molar-refractivity contribution in [1.29, 1.82) is 0 Å². The van der Waals surface area contributed by atoms with Gasteiger partial charge in [0, 0.05) is 38.7 Å². The zero-order chi connectivity index (χ0) is 23.8. The predicted molar refractivity (Wildman–Crippen MR) is 112 cm³/mol. The average molecular weight is 467 g/mol. The van der Waals surface area contributed by atoms with Crippen LogP contribution in [0.5, 0.6) is 0 Å². The number of amides is 3. The van der Waals surface area contributed by atoms with E-state index in [0.717, 1.165) is 43.5 Å². The number of benzene rings is 1. The summed E-state index contributed by atoms with van der Waals surface area (Å²) in [5, 5.41) is 0. The van der Waals surface area contributed by atoms with E-state index in [4.69, 9.17) is 4.74 Å². The second kappa shape index (κ2) is 8.96. The molecule has 1 atom stereocenters. The molecule has 1 aromatic carbocycles. The Labute approximate surface area is 190 Å². The van der Waals surface area contributed by atoms with Crippen molar-refractivity contribution in [3.63, 3.8) is 0 Å². The molecule has 3 fully saturated rings. The third-order valence-corrected chi connectivity index (χ3v) is 6.90. The zero-order valence-corrected chi connectivity index (χ0v) is 18.6. The number of alkyl halides is 3. The van der Waals surface area contributed by atoms with Gasteiger partial charge in [0.2, 0.25) is 11.8 Å². The third-order valence-electron chi connectivity index (χ3n) is 6.90. The van der Waals surface area contributed by atoms with Gasteiger partial charge in [-0.05, 0) is 49.9 Å². The summed E-state index contributed by atoms with van der Waals surface area (Å²) in [5.41, 5.74) is -1.66. The summed E-state index contributed by atoms with van der Waals surface area (Å²) >= 11 is 0. The highest BCUT2D eigenvalue weighted by molar-refractivity contribution is 5.98. The first-order chi connectivity index (χ1) is 15.6. The molecule has 33 heavy (non-hydrogen) atoms. The maximum Gasteiger partial charge on any atom is 0.416 e. The van der Waals surface area contributed by atoms with Crippen LogP contribution in [-0.4, -0.2) is 77.0 Å². The number of carbonyl (C=O) groups excluding carboxylic acids is 3. The van der Waals surface area contributed by atoms with Crippen molar-refractivity contribution in [2.24, 2.45) is 0 Å². The molecule has 10 heteroatoms. The molecule has 3 aliphatic rings. The van der Waals surface area contributed by atoms with E-state index in [1.807, 2.05) is 0 Å². The van der Waals surface area contributed by atoms with Crippen LogP contribution in [0.15, 0.2) is 24.3 Å². The zero-order valence-electron chi connectivity index (χ0n) is 18.6. The summed E-state index contributed by atoms with van der Waals surface area (Å²) in [6.45, 7) is 3.12. The fraction of sp³-hybridized carbons (Fsp3) is 0.609. The second-order valence-electron chi connectivity index (χ2n) is 8.92. The van der Waals surface area contributed by atoms with Crippen LogP contribution in [-0.2, 0) is 20.5 Å². The fourth-order valence-corrected chi connectivity index (χ4v) is 5.05. The lowest BCUT2D eigenvalue weighted by molar-refractivity contribution is -0.142. The van der Waals surface area contributed by atoms with Crippen molar-refractivity contribution in [3.8, 4) is 0 Å². The summed E-state index contributed by atoms with van der Waals surface area (Å²) in [5.74, 6) is -0.795. The second-order valence-corrected chi connectivity index (χ2v) is 8.92. The molecule has 0 radical (unpaired) electrons. The summed E-state index contributed by atoms with van der Waals surface area (Å²) in [6.07, 6.45) is -0.644. The Bertz CT molecular complexity index is 905. The van der Waals surface area contributed by atoms with Crippen LogP contribution in [0.3, 0.4) is 0 Å². The molecule has 0 aromatic heterocycles. The Morgan fingerprint density at radius 1 is 0.939 bits per heavy atom.